The average molecular weight is 388 g/mol. The molecular weight excluding hydrogens is 358 g/mol. The number of carbonyl (C=O) groups is 1. The molecule has 1 aliphatic heterocycles. The number of benzene rings is 1. The first kappa shape index (κ1) is 18.0. The largest absolute Gasteiger partial charge is 0.347 e. The predicted octanol–water partition coefficient (Wildman–Crippen LogP) is 3.44. The van der Waals surface area contributed by atoms with Gasteiger partial charge in [0.25, 0.3) is 5.91 Å². The van der Waals surface area contributed by atoms with Crippen molar-refractivity contribution < 1.29 is 4.79 Å². The van der Waals surface area contributed by atoms with Gasteiger partial charge in [-0.05, 0) is 74.0 Å². The van der Waals surface area contributed by atoms with Gasteiger partial charge in [0.15, 0.2) is 0 Å². The highest BCUT2D eigenvalue weighted by molar-refractivity contribution is 6.33. The fourth-order valence-corrected chi connectivity index (χ4v) is 6.75. The van der Waals surface area contributed by atoms with Crippen molar-refractivity contribution in [3.63, 3.8) is 0 Å². The summed E-state index contributed by atoms with van der Waals surface area (Å²) in [6.45, 7) is 5.06. The van der Waals surface area contributed by atoms with Crippen LogP contribution in [-0.4, -0.2) is 42.5 Å². The Kier molecular flexibility index (Phi) is 4.69. The summed E-state index contributed by atoms with van der Waals surface area (Å²) in [5.74, 6) is 2.51. The molecule has 0 unspecified atom stereocenters. The number of carbonyl (C=O) groups excluding carboxylic acids is 1. The van der Waals surface area contributed by atoms with Crippen molar-refractivity contribution in [3.8, 4) is 0 Å². The maximum Gasteiger partial charge on any atom is 0.253 e. The average Bonchev–Trinajstić information content (AvgIpc) is 2.62. The van der Waals surface area contributed by atoms with Crippen molar-refractivity contribution in [3.05, 3.63) is 34.3 Å². The van der Waals surface area contributed by atoms with Crippen molar-refractivity contribution in [2.45, 2.75) is 50.6 Å². The normalized spacial score (nSPS) is 35.4. The Bertz CT molecular complexity index is 693. The first-order valence-corrected chi connectivity index (χ1v) is 11.0. The molecule has 5 fully saturated rings. The van der Waals surface area contributed by atoms with E-state index in [1.165, 1.54) is 44.1 Å². The molecule has 4 saturated carbocycles. The van der Waals surface area contributed by atoms with Gasteiger partial charge in [-0.25, -0.2) is 0 Å². The molecule has 27 heavy (non-hydrogen) atoms. The Hall–Kier alpha value is -1.10. The predicted molar refractivity (Wildman–Crippen MR) is 108 cm³/mol. The third-order valence-corrected chi connectivity index (χ3v) is 7.64. The van der Waals surface area contributed by atoms with E-state index >= 15 is 0 Å². The van der Waals surface area contributed by atoms with Gasteiger partial charge >= 0.3 is 0 Å². The molecule has 5 heteroatoms. The highest BCUT2D eigenvalue weighted by Crippen LogP contribution is 2.55. The van der Waals surface area contributed by atoms with E-state index in [9.17, 15) is 4.79 Å². The summed E-state index contributed by atoms with van der Waals surface area (Å²) in [4.78, 5) is 15.6. The molecule has 4 aliphatic carbocycles. The molecule has 1 saturated heterocycles. The maximum absolute atomic E-state index is 13.2. The number of rotatable bonds is 4. The molecular formula is C22H30ClN3O. The molecule has 2 N–H and O–H groups in total. The van der Waals surface area contributed by atoms with E-state index in [1.807, 2.05) is 12.1 Å². The van der Waals surface area contributed by atoms with E-state index < -0.39 is 0 Å². The number of hydrogen-bond donors (Lipinski definition) is 2. The topological polar surface area (TPSA) is 44.4 Å². The van der Waals surface area contributed by atoms with Crippen LogP contribution in [0.2, 0.25) is 5.02 Å². The molecule has 4 bridgehead atoms. The molecule has 1 heterocycles. The van der Waals surface area contributed by atoms with E-state index in [2.05, 4.69) is 21.6 Å². The van der Waals surface area contributed by atoms with Crippen molar-refractivity contribution in [1.29, 1.82) is 0 Å². The molecule has 6 rings (SSSR count). The third-order valence-electron chi connectivity index (χ3n) is 7.31. The minimum absolute atomic E-state index is 0.0315. The number of halogens is 1. The van der Waals surface area contributed by atoms with Gasteiger partial charge in [-0.2, -0.15) is 0 Å². The maximum atomic E-state index is 13.2. The lowest BCUT2D eigenvalue weighted by Crippen LogP contribution is -2.59. The minimum atomic E-state index is 0.0315. The monoisotopic (exact) mass is 387 g/mol. The summed E-state index contributed by atoms with van der Waals surface area (Å²) in [5.41, 5.74) is 1.86. The number of nitrogens with zero attached hydrogens (tertiary/aromatic N) is 1. The fraction of sp³-hybridized carbons (Fsp3) is 0.682. The van der Waals surface area contributed by atoms with E-state index in [4.69, 9.17) is 11.6 Å². The van der Waals surface area contributed by atoms with Crippen LogP contribution >= 0.6 is 11.6 Å². The smallest absolute Gasteiger partial charge is 0.253 e. The van der Waals surface area contributed by atoms with Crippen LogP contribution in [0.1, 0.15) is 54.4 Å². The van der Waals surface area contributed by atoms with E-state index in [0.717, 1.165) is 50.5 Å². The third kappa shape index (κ3) is 3.64. The molecule has 1 aromatic carbocycles. The van der Waals surface area contributed by atoms with Gasteiger partial charge in [-0.3, -0.25) is 9.69 Å². The van der Waals surface area contributed by atoms with Crippen LogP contribution in [0.5, 0.6) is 0 Å². The van der Waals surface area contributed by atoms with Crippen LogP contribution in [-0.2, 0) is 6.54 Å². The Morgan fingerprint density at radius 3 is 2.37 bits per heavy atom. The fourth-order valence-electron chi connectivity index (χ4n) is 6.54. The zero-order chi connectivity index (χ0) is 18.4. The van der Waals surface area contributed by atoms with Crippen LogP contribution in [0.4, 0.5) is 0 Å². The van der Waals surface area contributed by atoms with Gasteiger partial charge in [0.1, 0.15) is 0 Å². The van der Waals surface area contributed by atoms with Gasteiger partial charge in [-0.1, -0.05) is 17.7 Å². The summed E-state index contributed by atoms with van der Waals surface area (Å²) in [6, 6.07) is 5.97. The summed E-state index contributed by atoms with van der Waals surface area (Å²) >= 11 is 6.44. The highest BCUT2D eigenvalue weighted by Gasteiger charge is 2.51. The Morgan fingerprint density at radius 2 is 1.74 bits per heavy atom. The lowest BCUT2D eigenvalue weighted by molar-refractivity contribution is -0.0167. The number of hydrogen-bond acceptors (Lipinski definition) is 3. The molecule has 0 atom stereocenters. The zero-order valence-corrected chi connectivity index (χ0v) is 16.7. The molecule has 4 nitrogen and oxygen atoms in total. The molecule has 0 radical (unpaired) electrons. The van der Waals surface area contributed by atoms with Gasteiger partial charge in [0.2, 0.25) is 0 Å². The first-order chi connectivity index (χ1) is 13.1. The quantitative estimate of drug-likeness (QED) is 0.831. The summed E-state index contributed by atoms with van der Waals surface area (Å²) in [6.07, 6.45) is 7.66. The second kappa shape index (κ2) is 7.06. The first-order valence-electron chi connectivity index (χ1n) is 10.6. The van der Waals surface area contributed by atoms with E-state index in [0.29, 0.717) is 10.6 Å². The van der Waals surface area contributed by atoms with Crippen LogP contribution in [0, 0.1) is 17.8 Å². The Morgan fingerprint density at radius 1 is 1.11 bits per heavy atom. The van der Waals surface area contributed by atoms with Gasteiger partial charge in [-0.15, -0.1) is 0 Å². The molecule has 146 valence electrons. The summed E-state index contributed by atoms with van der Waals surface area (Å²) < 4.78 is 0. The molecule has 1 amide bonds. The molecule has 5 aliphatic rings. The summed E-state index contributed by atoms with van der Waals surface area (Å²) in [7, 11) is 0. The zero-order valence-electron chi connectivity index (χ0n) is 16.0. The molecule has 1 aromatic rings. The van der Waals surface area contributed by atoms with Gasteiger partial charge in [0.05, 0.1) is 10.6 Å². The van der Waals surface area contributed by atoms with E-state index in [1.54, 1.807) is 0 Å². The number of nitrogens with one attached hydrogen (secondary N) is 2. The number of piperazine rings is 1. The summed E-state index contributed by atoms with van der Waals surface area (Å²) in [5, 5.41) is 7.42. The van der Waals surface area contributed by atoms with Crippen LogP contribution in [0.3, 0.4) is 0 Å². The van der Waals surface area contributed by atoms with Crippen LogP contribution in [0.15, 0.2) is 18.2 Å². The van der Waals surface area contributed by atoms with Crippen LogP contribution in [0.25, 0.3) is 0 Å². The second-order valence-corrected chi connectivity index (χ2v) is 9.90. The second-order valence-electron chi connectivity index (χ2n) is 9.49. The van der Waals surface area contributed by atoms with Gasteiger partial charge in [0, 0.05) is 38.3 Å². The lowest BCUT2D eigenvalue weighted by Gasteiger charge is -2.56. The standard InChI is InChI=1S/C22H30ClN3O/c23-20-2-1-15(14-26-5-3-24-4-6-26)10-19(20)21(27)25-22-11-16-7-17(12-22)9-18(8-16)13-22/h1-2,10,16-18,24H,3-9,11-14H2,(H,25,27). The van der Waals surface area contributed by atoms with Gasteiger partial charge < -0.3 is 10.6 Å². The van der Waals surface area contributed by atoms with E-state index in [-0.39, 0.29) is 11.4 Å². The Balaban J connectivity index is 1.31. The van der Waals surface area contributed by atoms with Crippen LogP contribution < -0.4 is 10.6 Å². The van der Waals surface area contributed by atoms with Crippen molar-refractivity contribution >= 4 is 17.5 Å². The highest BCUT2D eigenvalue weighted by atomic mass is 35.5. The van der Waals surface area contributed by atoms with Crippen molar-refractivity contribution in [1.82, 2.24) is 15.5 Å². The minimum Gasteiger partial charge on any atom is -0.347 e. The molecule has 0 spiro atoms. The lowest BCUT2D eigenvalue weighted by atomic mass is 9.53. The van der Waals surface area contributed by atoms with Crippen molar-refractivity contribution in [2.24, 2.45) is 17.8 Å². The number of amides is 1. The van der Waals surface area contributed by atoms with Crippen molar-refractivity contribution in [2.75, 3.05) is 26.2 Å². The SMILES string of the molecule is O=C(NC12CC3CC(CC(C3)C1)C2)c1cc(CN2CCNCC2)ccc1Cl. The Labute approximate surface area is 167 Å². The molecule has 0 aromatic heterocycles.